The third-order valence-electron chi connectivity index (χ3n) is 4.62. The highest BCUT2D eigenvalue weighted by molar-refractivity contribution is 6.30. The van der Waals surface area contributed by atoms with Gasteiger partial charge in [-0.1, -0.05) is 24.6 Å². The number of aromatic nitrogens is 1. The van der Waals surface area contributed by atoms with E-state index in [9.17, 15) is 5.11 Å². The van der Waals surface area contributed by atoms with Crippen molar-refractivity contribution in [3.63, 3.8) is 0 Å². The molecule has 5 nitrogen and oxygen atoms in total. The molecule has 0 spiro atoms. The minimum atomic E-state index is -1.22. The Morgan fingerprint density at radius 3 is 2.18 bits per heavy atom. The summed E-state index contributed by atoms with van der Waals surface area (Å²) in [6.45, 7) is 1.91. The number of nitrogens with zero attached hydrogens (tertiary/aromatic N) is 1. The van der Waals surface area contributed by atoms with Gasteiger partial charge in [-0.05, 0) is 54.4 Å². The van der Waals surface area contributed by atoms with Gasteiger partial charge in [-0.15, -0.1) is 0 Å². The van der Waals surface area contributed by atoms with E-state index in [1.807, 2.05) is 13.0 Å². The van der Waals surface area contributed by atoms with Crippen LogP contribution < -0.4 is 14.2 Å². The lowest BCUT2D eigenvalue weighted by atomic mass is 9.85. The Hall–Kier alpha value is -2.76. The van der Waals surface area contributed by atoms with Gasteiger partial charge in [0, 0.05) is 22.8 Å². The molecular weight excluding hydrogens is 378 g/mol. The van der Waals surface area contributed by atoms with Crippen LogP contribution in [0.2, 0.25) is 5.02 Å². The zero-order valence-corrected chi connectivity index (χ0v) is 16.7. The second kappa shape index (κ2) is 8.50. The fraction of sp³-hybridized carbons (Fsp3) is 0.227. The molecule has 1 unspecified atom stereocenters. The molecule has 2 aromatic carbocycles. The van der Waals surface area contributed by atoms with Crippen molar-refractivity contribution in [2.24, 2.45) is 0 Å². The molecule has 0 saturated heterocycles. The summed E-state index contributed by atoms with van der Waals surface area (Å²) in [7, 11) is 3.14. The van der Waals surface area contributed by atoms with Gasteiger partial charge in [0.2, 0.25) is 5.88 Å². The van der Waals surface area contributed by atoms with Gasteiger partial charge in [-0.25, -0.2) is 4.98 Å². The minimum absolute atomic E-state index is 0.428. The Bertz CT molecular complexity index is 928. The Kier molecular flexibility index (Phi) is 6.07. The number of methoxy groups -OCH3 is 2. The fourth-order valence-corrected chi connectivity index (χ4v) is 3.10. The average Bonchev–Trinajstić information content (AvgIpc) is 2.74. The SMILES string of the molecule is CCC(O)(c1ccc(Oc2ccc(Cl)cc2)nc1)c1ccc(OC)c(OC)c1. The zero-order valence-electron chi connectivity index (χ0n) is 16.0. The smallest absolute Gasteiger partial charge is 0.219 e. The molecule has 3 rings (SSSR count). The molecule has 0 amide bonds. The van der Waals surface area contributed by atoms with Crippen molar-refractivity contribution in [3.05, 3.63) is 76.9 Å². The Morgan fingerprint density at radius 1 is 0.929 bits per heavy atom. The molecule has 0 fully saturated rings. The lowest BCUT2D eigenvalue weighted by molar-refractivity contribution is 0.0757. The largest absolute Gasteiger partial charge is 0.493 e. The summed E-state index contributed by atoms with van der Waals surface area (Å²) in [5.74, 6) is 2.23. The summed E-state index contributed by atoms with van der Waals surface area (Å²) in [4.78, 5) is 4.34. The van der Waals surface area contributed by atoms with Crippen LogP contribution in [0.5, 0.6) is 23.1 Å². The van der Waals surface area contributed by atoms with Crippen LogP contribution in [-0.2, 0) is 5.60 Å². The van der Waals surface area contributed by atoms with E-state index in [0.717, 1.165) is 0 Å². The van der Waals surface area contributed by atoms with E-state index in [0.29, 0.717) is 45.7 Å². The molecule has 1 heterocycles. The molecule has 0 saturated carbocycles. The molecule has 146 valence electrons. The first-order chi connectivity index (χ1) is 13.5. The number of halogens is 1. The summed E-state index contributed by atoms with van der Waals surface area (Å²) >= 11 is 5.88. The number of ether oxygens (including phenoxy) is 3. The maximum Gasteiger partial charge on any atom is 0.219 e. The van der Waals surface area contributed by atoms with Crippen molar-refractivity contribution < 1.29 is 19.3 Å². The molecule has 1 aromatic heterocycles. The van der Waals surface area contributed by atoms with Gasteiger partial charge in [-0.2, -0.15) is 0 Å². The van der Waals surface area contributed by atoms with E-state index >= 15 is 0 Å². The van der Waals surface area contributed by atoms with E-state index in [2.05, 4.69) is 4.98 Å². The highest BCUT2D eigenvalue weighted by atomic mass is 35.5. The number of hydrogen-bond donors (Lipinski definition) is 1. The second-order valence-electron chi connectivity index (χ2n) is 6.22. The Labute approximate surface area is 169 Å². The van der Waals surface area contributed by atoms with Gasteiger partial charge in [0.1, 0.15) is 11.4 Å². The third-order valence-corrected chi connectivity index (χ3v) is 4.87. The predicted molar refractivity (Wildman–Crippen MR) is 109 cm³/mol. The van der Waals surface area contributed by atoms with Crippen LogP contribution in [0.15, 0.2) is 60.8 Å². The molecular formula is C22H22ClNO4. The number of aliphatic hydroxyl groups is 1. The van der Waals surface area contributed by atoms with Crippen LogP contribution >= 0.6 is 11.6 Å². The first-order valence-corrected chi connectivity index (χ1v) is 9.22. The van der Waals surface area contributed by atoms with Crippen molar-refractivity contribution in [2.75, 3.05) is 14.2 Å². The van der Waals surface area contributed by atoms with E-state index in [4.69, 9.17) is 25.8 Å². The summed E-state index contributed by atoms with van der Waals surface area (Å²) in [5.41, 5.74) is 0.136. The topological polar surface area (TPSA) is 60.8 Å². The lowest BCUT2D eigenvalue weighted by Crippen LogP contribution is -2.26. The summed E-state index contributed by atoms with van der Waals surface area (Å²) < 4.78 is 16.4. The molecule has 0 aliphatic heterocycles. The van der Waals surface area contributed by atoms with Gasteiger partial charge in [0.25, 0.3) is 0 Å². The Morgan fingerprint density at radius 2 is 1.61 bits per heavy atom. The Balaban J connectivity index is 1.88. The van der Waals surface area contributed by atoms with Crippen LogP contribution in [0.25, 0.3) is 0 Å². The molecule has 0 aliphatic rings. The zero-order chi connectivity index (χ0) is 20.1. The van der Waals surface area contributed by atoms with E-state index in [1.165, 1.54) is 0 Å². The number of benzene rings is 2. The van der Waals surface area contributed by atoms with Gasteiger partial charge in [0.05, 0.1) is 14.2 Å². The highest BCUT2D eigenvalue weighted by Crippen LogP contribution is 2.38. The van der Waals surface area contributed by atoms with Crippen molar-refractivity contribution in [3.8, 4) is 23.1 Å². The van der Waals surface area contributed by atoms with Gasteiger partial charge in [0.15, 0.2) is 11.5 Å². The fourth-order valence-electron chi connectivity index (χ4n) is 2.98. The maximum absolute atomic E-state index is 11.4. The average molecular weight is 400 g/mol. The summed E-state index contributed by atoms with van der Waals surface area (Å²) in [5, 5.41) is 12.0. The molecule has 0 aliphatic carbocycles. The minimum Gasteiger partial charge on any atom is -0.493 e. The predicted octanol–water partition coefficient (Wildman–Crippen LogP) is 5.19. The maximum atomic E-state index is 11.4. The van der Waals surface area contributed by atoms with Crippen LogP contribution in [0, 0.1) is 0 Å². The normalized spacial score (nSPS) is 12.9. The molecule has 28 heavy (non-hydrogen) atoms. The van der Waals surface area contributed by atoms with Crippen LogP contribution in [-0.4, -0.2) is 24.3 Å². The summed E-state index contributed by atoms with van der Waals surface area (Å²) in [6.07, 6.45) is 2.08. The third kappa shape index (κ3) is 4.06. The van der Waals surface area contributed by atoms with Crippen molar-refractivity contribution in [2.45, 2.75) is 18.9 Å². The quantitative estimate of drug-likeness (QED) is 0.592. The molecule has 1 N–H and O–H groups in total. The second-order valence-corrected chi connectivity index (χ2v) is 6.66. The molecule has 3 aromatic rings. The number of pyridine rings is 1. The monoisotopic (exact) mass is 399 g/mol. The first-order valence-electron chi connectivity index (χ1n) is 8.85. The van der Waals surface area contributed by atoms with Crippen LogP contribution in [0.1, 0.15) is 24.5 Å². The molecule has 0 radical (unpaired) electrons. The van der Waals surface area contributed by atoms with E-state index in [1.54, 1.807) is 68.9 Å². The van der Waals surface area contributed by atoms with E-state index < -0.39 is 5.60 Å². The van der Waals surface area contributed by atoms with Crippen LogP contribution in [0.3, 0.4) is 0 Å². The van der Waals surface area contributed by atoms with Crippen molar-refractivity contribution in [1.82, 2.24) is 4.98 Å². The van der Waals surface area contributed by atoms with Gasteiger partial charge < -0.3 is 19.3 Å². The standard InChI is InChI=1S/C22H22ClNO4/c1-4-22(25,15-5-11-19(26-2)20(13-15)27-3)16-6-12-21(24-14-16)28-18-9-7-17(23)8-10-18/h5-14,25H,4H2,1-3H3. The molecule has 1 atom stereocenters. The first kappa shape index (κ1) is 20.0. The van der Waals surface area contributed by atoms with E-state index in [-0.39, 0.29) is 0 Å². The summed E-state index contributed by atoms with van der Waals surface area (Å²) in [6, 6.07) is 15.9. The molecule has 0 bridgehead atoms. The van der Waals surface area contributed by atoms with Crippen LogP contribution in [0.4, 0.5) is 0 Å². The van der Waals surface area contributed by atoms with Gasteiger partial charge >= 0.3 is 0 Å². The van der Waals surface area contributed by atoms with Crippen molar-refractivity contribution in [1.29, 1.82) is 0 Å². The highest BCUT2D eigenvalue weighted by Gasteiger charge is 2.31. The van der Waals surface area contributed by atoms with Gasteiger partial charge in [-0.3, -0.25) is 0 Å². The lowest BCUT2D eigenvalue weighted by Gasteiger charge is -2.28. The molecule has 6 heteroatoms. The van der Waals surface area contributed by atoms with Crippen molar-refractivity contribution >= 4 is 11.6 Å². The number of hydrogen-bond acceptors (Lipinski definition) is 5. The number of rotatable bonds is 7.